The van der Waals surface area contributed by atoms with Gasteiger partial charge >= 0.3 is 0 Å². The van der Waals surface area contributed by atoms with Gasteiger partial charge in [0, 0.05) is 18.4 Å². The fourth-order valence-electron chi connectivity index (χ4n) is 2.89. The van der Waals surface area contributed by atoms with Gasteiger partial charge in [-0.3, -0.25) is 4.98 Å². The number of pyridine rings is 1. The van der Waals surface area contributed by atoms with Gasteiger partial charge in [0.2, 0.25) is 0 Å². The maximum Gasteiger partial charge on any atom is 0.0270 e. The van der Waals surface area contributed by atoms with Gasteiger partial charge in [-0.15, -0.1) is 0 Å². The Labute approximate surface area is 105 Å². The van der Waals surface area contributed by atoms with E-state index in [9.17, 15) is 0 Å². The molecule has 1 saturated carbocycles. The lowest BCUT2D eigenvalue weighted by Crippen LogP contribution is -2.27. The lowest BCUT2D eigenvalue weighted by Gasteiger charge is -2.21. The molecule has 2 atom stereocenters. The van der Waals surface area contributed by atoms with E-state index in [2.05, 4.69) is 24.0 Å². The van der Waals surface area contributed by atoms with Crippen LogP contribution in [-0.4, -0.2) is 11.0 Å². The Kier molecular flexibility index (Phi) is 4.55. The second kappa shape index (κ2) is 6.15. The molecule has 0 aromatic carbocycles. The highest BCUT2D eigenvalue weighted by Crippen LogP contribution is 2.30. The van der Waals surface area contributed by atoms with Gasteiger partial charge in [0.1, 0.15) is 0 Å². The Morgan fingerprint density at radius 1 is 1.29 bits per heavy atom. The normalized spacial score (nSPS) is 20.4. The lowest BCUT2D eigenvalue weighted by molar-refractivity contribution is 0.423. The first-order valence-corrected chi connectivity index (χ1v) is 6.93. The molecule has 0 aliphatic heterocycles. The minimum absolute atomic E-state index is 0.290. The van der Waals surface area contributed by atoms with Gasteiger partial charge in [-0.25, -0.2) is 0 Å². The molecule has 1 aliphatic carbocycles. The van der Waals surface area contributed by atoms with Crippen LogP contribution in [0.4, 0.5) is 0 Å². The van der Waals surface area contributed by atoms with Crippen molar-refractivity contribution in [1.82, 2.24) is 4.98 Å². The summed E-state index contributed by atoms with van der Waals surface area (Å²) in [5, 5.41) is 0. The van der Waals surface area contributed by atoms with Crippen LogP contribution in [-0.2, 0) is 0 Å². The summed E-state index contributed by atoms with van der Waals surface area (Å²) in [6.45, 7) is 2.23. The highest BCUT2D eigenvalue weighted by molar-refractivity contribution is 5.16. The zero-order valence-electron chi connectivity index (χ0n) is 10.8. The number of rotatable bonds is 5. The van der Waals surface area contributed by atoms with Gasteiger partial charge < -0.3 is 5.73 Å². The molecule has 0 radical (unpaired) electrons. The summed E-state index contributed by atoms with van der Waals surface area (Å²) in [5.41, 5.74) is 7.63. The maximum absolute atomic E-state index is 6.31. The third-order valence-corrected chi connectivity index (χ3v) is 4.26. The van der Waals surface area contributed by atoms with Crippen molar-refractivity contribution in [3.05, 3.63) is 30.1 Å². The summed E-state index contributed by atoms with van der Waals surface area (Å²) in [6, 6.07) is 4.46. The standard InChI is InChI=1S/C15H24N2/c1-12(14-8-10-17-11-9-14)15(16)7-6-13-4-2-3-5-13/h8-13,15H,2-7,16H2,1H3. The van der Waals surface area contributed by atoms with Crippen LogP contribution in [0.15, 0.2) is 24.5 Å². The van der Waals surface area contributed by atoms with Gasteiger partial charge in [0.05, 0.1) is 0 Å². The number of hydrogen-bond donors (Lipinski definition) is 1. The monoisotopic (exact) mass is 232 g/mol. The van der Waals surface area contributed by atoms with E-state index in [1.807, 2.05) is 12.4 Å². The second-order valence-corrected chi connectivity index (χ2v) is 5.46. The third kappa shape index (κ3) is 3.53. The van der Waals surface area contributed by atoms with Crippen LogP contribution in [0.2, 0.25) is 0 Å². The summed E-state index contributed by atoms with van der Waals surface area (Å²) in [5.74, 6) is 1.39. The van der Waals surface area contributed by atoms with Gasteiger partial charge in [0.25, 0.3) is 0 Å². The Morgan fingerprint density at radius 2 is 1.94 bits per heavy atom. The first kappa shape index (κ1) is 12.6. The SMILES string of the molecule is CC(c1ccncc1)C(N)CCC1CCCC1. The van der Waals surface area contributed by atoms with E-state index in [1.54, 1.807) is 0 Å². The van der Waals surface area contributed by atoms with Gasteiger partial charge in [-0.05, 0) is 42.4 Å². The fourth-order valence-corrected chi connectivity index (χ4v) is 2.89. The molecular weight excluding hydrogens is 208 g/mol. The van der Waals surface area contributed by atoms with Crippen molar-refractivity contribution in [2.45, 2.75) is 57.4 Å². The number of aromatic nitrogens is 1. The molecule has 1 aliphatic rings. The first-order chi connectivity index (χ1) is 8.27. The van der Waals surface area contributed by atoms with Crippen LogP contribution in [0, 0.1) is 5.92 Å². The predicted octanol–water partition coefficient (Wildman–Crippen LogP) is 3.48. The molecule has 2 heteroatoms. The maximum atomic E-state index is 6.31. The Hall–Kier alpha value is -0.890. The van der Waals surface area contributed by atoms with E-state index in [4.69, 9.17) is 5.73 Å². The molecule has 0 amide bonds. The Bertz CT molecular complexity index is 317. The van der Waals surface area contributed by atoms with Crippen molar-refractivity contribution in [1.29, 1.82) is 0 Å². The third-order valence-electron chi connectivity index (χ3n) is 4.26. The summed E-state index contributed by atoms with van der Waals surface area (Å²) in [4.78, 5) is 4.06. The molecule has 2 unspecified atom stereocenters. The molecule has 0 saturated heterocycles. The van der Waals surface area contributed by atoms with Crippen LogP contribution in [0.3, 0.4) is 0 Å². The molecular formula is C15H24N2. The molecule has 2 N–H and O–H groups in total. The highest BCUT2D eigenvalue weighted by atomic mass is 14.7. The molecule has 17 heavy (non-hydrogen) atoms. The van der Waals surface area contributed by atoms with Crippen molar-refractivity contribution in [2.75, 3.05) is 0 Å². The smallest absolute Gasteiger partial charge is 0.0270 e. The molecule has 1 fully saturated rings. The first-order valence-electron chi connectivity index (χ1n) is 6.93. The van der Waals surface area contributed by atoms with Crippen molar-refractivity contribution < 1.29 is 0 Å². The summed E-state index contributed by atoms with van der Waals surface area (Å²) in [7, 11) is 0. The zero-order valence-corrected chi connectivity index (χ0v) is 10.8. The van der Waals surface area contributed by atoms with Gasteiger partial charge in [0.15, 0.2) is 0 Å². The van der Waals surface area contributed by atoms with Gasteiger partial charge in [-0.2, -0.15) is 0 Å². The Morgan fingerprint density at radius 3 is 2.59 bits per heavy atom. The highest BCUT2D eigenvalue weighted by Gasteiger charge is 2.19. The van der Waals surface area contributed by atoms with Crippen molar-refractivity contribution in [3.63, 3.8) is 0 Å². The Balaban J connectivity index is 1.80. The topological polar surface area (TPSA) is 38.9 Å². The van der Waals surface area contributed by atoms with E-state index >= 15 is 0 Å². The van der Waals surface area contributed by atoms with Crippen LogP contribution < -0.4 is 5.73 Å². The fraction of sp³-hybridized carbons (Fsp3) is 0.667. The average Bonchev–Trinajstić information content (AvgIpc) is 2.89. The van der Waals surface area contributed by atoms with E-state index in [0.717, 1.165) is 12.3 Å². The van der Waals surface area contributed by atoms with Crippen molar-refractivity contribution >= 4 is 0 Å². The number of nitrogens with zero attached hydrogens (tertiary/aromatic N) is 1. The number of nitrogens with two attached hydrogens (primary N) is 1. The number of hydrogen-bond acceptors (Lipinski definition) is 2. The predicted molar refractivity (Wildman–Crippen MR) is 71.8 cm³/mol. The summed E-state index contributed by atoms with van der Waals surface area (Å²) >= 11 is 0. The molecule has 1 aromatic rings. The molecule has 1 aromatic heterocycles. The van der Waals surface area contributed by atoms with E-state index in [1.165, 1.54) is 37.7 Å². The minimum atomic E-state index is 0.290. The van der Waals surface area contributed by atoms with Crippen LogP contribution in [0.25, 0.3) is 0 Å². The lowest BCUT2D eigenvalue weighted by atomic mass is 9.89. The molecule has 1 heterocycles. The molecule has 2 nitrogen and oxygen atoms in total. The van der Waals surface area contributed by atoms with Crippen LogP contribution in [0.5, 0.6) is 0 Å². The largest absolute Gasteiger partial charge is 0.327 e. The minimum Gasteiger partial charge on any atom is -0.327 e. The quantitative estimate of drug-likeness (QED) is 0.844. The van der Waals surface area contributed by atoms with Gasteiger partial charge in [-0.1, -0.05) is 32.6 Å². The summed E-state index contributed by atoms with van der Waals surface area (Å²) < 4.78 is 0. The van der Waals surface area contributed by atoms with E-state index < -0.39 is 0 Å². The molecule has 0 spiro atoms. The average molecular weight is 232 g/mol. The molecule has 2 rings (SSSR count). The van der Waals surface area contributed by atoms with E-state index in [0.29, 0.717) is 5.92 Å². The molecule has 94 valence electrons. The zero-order chi connectivity index (χ0) is 12.1. The van der Waals surface area contributed by atoms with Crippen molar-refractivity contribution in [3.8, 4) is 0 Å². The van der Waals surface area contributed by atoms with Crippen LogP contribution >= 0.6 is 0 Å². The van der Waals surface area contributed by atoms with E-state index in [-0.39, 0.29) is 6.04 Å². The van der Waals surface area contributed by atoms with Crippen LogP contribution in [0.1, 0.15) is 56.9 Å². The summed E-state index contributed by atoms with van der Waals surface area (Å²) in [6.07, 6.45) is 11.9. The van der Waals surface area contributed by atoms with Crippen molar-refractivity contribution in [2.24, 2.45) is 11.7 Å². The second-order valence-electron chi connectivity index (χ2n) is 5.46. The molecule has 0 bridgehead atoms.